The summed E-state index contributed by atoms with van der Waals surface area (Å²) in [6.45, 7) is 7.04. The van der Waals surface area contributed by atoms with Crippen molar-refractivity contribution in [1.29, 1.82) is 0 Å². The number of hydrogen-bond donors (Lipinski definition) is 1. The van der Waals surface area contributed by atoms with Crippen LogP contribution in [-0.2, 0) is 9.47 Å². The zero-order chi connectivity index (χ0) is 10.2. The third-order valence-corrected chi connectivity index (χ3v) is 2.43. The van der Waals surface area contributed by atoms with Crippen LogP contribution in [0.25, 0.3) is 0 Å². The van der Waals surface area contributed by atoms with Crippen molar-refractivity contribution >= 4 is 0 Å². The van der Waals surface area contributed by atoms with Gasteiger partial charge in [-0.15, -0.1) is 0 Å². The van der Waals surface area contributed by atoms with Gasteiger partial charge in [0.1, 0.15) is 12.3 Å². The van der Waals surface area contributed by atoms with Crippen LogP contribution in [0.5, 0.6) is 0 Å². The van der Waals surface area contributed by atoms with Crippen LogP contribution in [0.15, 0.2) is 0 Å². The van der Waals surface area contributed by atoms with E-state index in [1.807, 2.05) is 0 Å². The summed E-state index contributed by atoms with van der Waals surface area (Å²) in [5.41, 5.74) is 0. The van der Waals surface area contributed by atoms with Gasteiger partial charge in [-0.3, -0.25) is 5.32 Å². The number of ether oxygens (including phenoxy) is 2. The van der Waals surface area contributed by atoms with Crippen LogP contribution in [0, 0.1) is 0 Å². The predicted molar refractivity (Wildman–Crippen MR) is 57.3 cm³/mol. The molecule has 0 aromatic carbocycles. The molecule has 0 spiro atoms. The van der Waals surface area contributed by atoms with Crippen LogP contribution >= 0.6 is 0 Å². The van der Waals surface area contributed by atoms with Crippen LogP contribution < -0.4 is 5.32 Å². The molecule has 1 saturated heterocycles. The van der Waals surface area contributed by atoms with Gasteiger partial charge in [0.25, 0.3) is 0 Å². The molecule has 84 valence electrons. The maximum Gasteiger partial charge on any atom is 0.135 e. The Kier molecular flexibility index (Phi) is 6.15. The Morgan fingerprint density at radius 2 is 2.07 bits per heavy atom. The van der Waals surface area contributed by atoms with E-state index in [4.69, 9.17) is 9.47 Å². The summed E-state index contributed by atoms with van der Waals surface area (Å²) in [5.74, 6) is 0. The number of nitrogens with one attached hydrogen (secondary N) is 1. The molecule has 3 nitrogen and oxygen atoms in total. The van der Waals surface area contributed by atoms with Crippen LogP contribution in [0.2, 0.25) is 0 Å². The molecule has 3 heteroatoms. The fourth-order valence-electron chi connectivity index (χ4n) is 1.50. The standard InChI is InChI=1S/C11H23NO2/c1-3-5-6-8-13-9-7-10-11(14-10)12-4-2/h10-12H,3-9H2,1-2H3. The zero-order valence-electron chi connectivity index (χ0n) is 9.42. The first-order chi connectivity index (χ1) is 6.88. The minimum absolute atomic E-state index is 0.305. The molecular formula is C11H23NO2. The SMILES string of the molecule is CCCCCOCCC1OC1NCC. The second-order valence-electron chi connectivity index (χ2n) is 3.76. The Labute approximate surface area is 87.2 Å². The number of epoxide rings is 1. The minimum atomic E-state index is 0.305. The molecule has 0 aromatic rings. The third-order valence-electron chi connectivity index (χ3n) is 2.43. The molecule has 0 aromatic heterocycles. The van der Waals surface area contributed by atoms with Gasteiger partial charge in [-0.1, -0.05) is 26.7 Å². The van der Waals surface area contributed by atoms with E-state index in [1.54, 1.807) is 0 Å². The Bertz CT molecular complexity index is 141. The van der Waals surface area contributed by atoms with Gasteiger partial charge in [-0.25, -0.2) is 0 Å². The van der Waals surface area contributed by atoms with E-state index in [1.165, 1.54) is 19.3 Å². The predicted octanol–water partition coefficient (Wildman–Crippen LogP) is 1.92. The van der Waals surface area contributed by atoms with E-state index in [0.29, 0.717) is 12.3 Å². The van der Waals surface area contributed by atoms with Crippen LogP contribution in [0.3, 0.4) is 0 Å². The highest BCUT2D eigenvalue weighted by molar-refractivity contribution is 4.81. The molecule has 0 radical (unpaired) electrons. The molecule has 1 fully saturated rings. The van der Waals surface area contributed by atoms with Crippen molar-refractivity contribution in [2.75, 3.05) is 19.8 Å². The van der Waals surface area contributed by atoms with Gasteiger partial charge in [0.05, 0.1) is 0 Å². The largest absolute Gasteiger partial charge is 0.381 e. The van der Waals surface area contributed by atoms with Gasteiger partial charge in [0.2, 0.25) is 0 Å². The molecule has 1 rings (SSSR count). The highest BCUT2D eigenvalue weighted by atomic mass is 16.6. The van der Waals surface area contributed by atoms with E-state index in [-0.39, 0.29) is 0 Å². The van der Waals surface area contributed by atoms with Crippen molar-refractivity contribution < 1.29 is 9.47 Å². The molecule has 1 N–H and O–H groups in total. The maximum absolute atomic E-state index is 5.51. The lowest BCUT2D eigenvalue weighted by atomic mass is 10.3. The van der Waals surface area contributed by atoms with Gasteiger partial charge in [0, 0.05) is 19.6 Å². The quantitative estimate of drug-likeness (QED) is 0.457. The summed E-state index contributed by atoms with van der Waals surface area (Å²) in [7, 11) is 0. The number of hydrogen-bond acceptors (Lipinski definition) is 3. The fraction of sp³-hybridized carbons (Fsp3) is 1.00. The molecular weight excluding hydrogens is 178 g/mol. The summed E-state index contributed by atoms with van der Waals surface area (Å²) in [6.07, 6.45) is 5.47. The molecule has 0 saturated carbocycles. The lowest BCUT2D eigenvalue weighted by molar-refractivity contribution is 0.122. The fourth-order valence-corrected chi connectivity index (χ4v) is 1.50. The molecule has 1 aliphatic heterocycles. The molecule has 0 amide bonds. The van der Waals surface area contributed by atoms with Crippen molar-refractivity contribution in [2.24, 2.45) is 0 Å². The summed E-state index contributed by atoms with van der Waals surface area (Å²) in [5, 5.41) is 3.25. The first-order valence-corrected chi connectivity index (χ1v) is 5.85. The molecule has 2 atom stereocenters. The Morgan fingerprint density at radius 3 is 2.79 bits per heavy atom. The van der Waals surface area contributed by atoms with E-state index in [9.17, 15) is 0 Å². The summed E-state index contributed by atoms with van der Waals surface area (Å²) < 4.78 is 10.9. The number of unbranched alkanes of at least 4 members (excludes halogenated alkanes) is 2. The molecule has 0 bridgehead atoms. The second kappa shape index (κ2) is 7.21. The normalized spacial score (nSPS) is 25.3. The van der Waals surface area contributed by atoms with Crippen molar-refractivity contribution in [3.8, 4) is 0 Å². The maximum atomic E-state index is 5.51. The third kappa shape index (κ3) is 4.94. The van der Waals surface area contributed by atoms with Crippen molar-refractivity contribution in [2.45, 2.75) is 51.9 Å². The van der Waals surface area contributed by atoms with E-state index in [2.05, 4.69) is 19.2 Å². The minimum Gasteiger partial charge on any atom is -0.381 e. The summed E-state index contributed by atoms with van der Waals surface area (Å²) in [6, 6.07) is 0. The average molecular weight is 201 g/mol. The highest BCUT2D eigenvalue weighted by Gasteiger charge is 2.37. The smallest absolute Gasteiger partial charge is 0.135 e. The first-order valence-electron chi connectivity index (χ1n) is 5.85. The van der Waals surface area contributed by atoms with Crippen LogP contribution in [-0.4, -0.2) is 32.1 Å². The lowest BCUT2D eigenvalue weighted by Crippen LogP contribution is -2.19. The number of likely N-dealkylation sites (N-methyl/N-ethyl adjacent to an activating group) is 1. The monoisotopic (exact) mass is 201 g/mol. The summed E-state index contributed by atoms with van der Waals surface area (Å²) in [4.78, 5) is 0. The molecule has 14 heavy (non-hydrogen) atoms. The lowest BCUT2D eigenvalue weighted by Gasteiger charge is -2.01. The Morgan fingerprint density at radius 1 is 1.21 bits per heavy atom. The molecule has 2 unspecified atom stereocenters. The van der Waals surface area contributed by atoms with Crippen LogP contribution in [0.1, 0.15) is 39.5 Å². The Hall–Kier alpha value is -0.120. The van der Waals surface area contributed by atoms with Crippen molar-refractivity contribution in [1.82, 2.24) is 5.32 Å². The van der Waals surface area contributed by atoms with Gasteiger partial charge in [-0.05, 0) is 13.0 Å². The van der Waals surface area contributed by atoms with E-state index >= 15 is 0 Å². The molecule has 1 heterocycles. The van der Waals surface area contributed by atoms with Gasteiger partial charge in [0.15, 0.2) is 0 Å². The summed E-state index contributed by atoms with van der Waals surface area (Å²) >= 11 is 0. The first kappa shape index (κ1) is 12.0. The Balaban J connectivity index is 1.77. The topological polar surface area (TPSA) is 33.8 Å². The van der Waals surface area contributed by atoms with Gasteiger partial charge < -0.3 is 9.47 Å². The van der Waals surface area contributed by atoms with Crippen molar-refractivity contribution in [3.05, 3.63) is 0 Å². The van der Waals surface area contributed by atoms with Gasteiger partial charge in [-0.2, -0.15) is 0 Å². The van der Waals surface area contributed by atoms with Gasteiger partial charge >= 0.3 is 0 Å². The highest BCUT2D eigenvalue weighted by Crippen LogP contribution is 2.22. The average Bonchev–Trinajstić information content (AvgIpc) is 2.91. The molecule has 1 aliphatic rings. The second-order valence-corrected chi connectivity index (χ2v) is 3.76. The van der Waals surface area contributed by atoms with E-state index < -0.39 is 0 Å². The van der Waals surface area contributed by atoms with Crippen molar-refractivity contribution in [3.63, 3.8) is 0 Å². The zero-order valence-corrected chi connectivity index (χ0v) is 9.42. The van der Waals surface area contributed by atoms with Crippen LogP contribution in [0.4, 0.5) is 0 Å². The molecule has 0 aliphatic carbocycles. The number of rotatable bonds is 9. The van der Waals surface area contributed by atoms with E-state index in [0.717, 1.165) is 26.2 Å².